The van der Waals surface area contributed by atoms with E-state index in [-0.39, 0.29) is 5.91 Å². The monoisotopic (exact) mass is 364 g/mol. The van der Waals surface area contributed by atoms with Gasteiger partial charge in [0.05, 0.1) is 0 Å². The molecule has 1 saturated heterocycles. The van der Waals surface area contributed by atoms with E-state index in [1.165, 1.54) is 0 Å². The second kappa shape index (κ2) is 5.76. The summed E-state index contributed by atoms with van der Waals surface area (Å²) in [4.78, 5) is 25.9. The van der Waals surface area contributed by atoms with Crippen LogP contribution in [0.25, 0.3) is 11.0 Å². The summed E-state index contributed by atoms with van der Waals surface area (Å²) in [5.41, 5.74) is 6.89. The van der Waals surface area contributed by atoms with Gasteiger partial charge in [-0.3, -0.25) is 9.59 Å². The summed E-state index contributed by atoms with van der Waals surface area (Å²) in [5.74, 6) is -0.417. The standard InChI is InChI=1S/C16H17BrN2O3/c1-9-11-8-10(17)5-6-13(11)22-14(9)16(21)19-7-3-2-4-12(19)15(18)20/h5-6,8,12H,2-4,7H2,1H3,(H2,18,20)/t12-/m0/s1. The molecule has 1 aromatic heterocycles. The van der Waals surface area contributed by atoms with Gasteiger partial charge in [-0.05, 0) is 44.4 Å². The summed E-state index contributed by atoms with van der Waals surface area (Å²) in [5, 5.41) is 0.894. The molecule has 22 heavy (non-hydrogen) atoms. The molecule has 5 nitrogen and oxygen atoms in total. The first-order valence-electron chi connectivity index (χ1n) is 7.28. The summed E-state index contributed by atoms with van der Waals surface area (Å²) < 4.78 is 6.66. The van der Waals surface area contributed by atoms with Crippen molar-refractivity contribution in [1.29, 1.82) is 0 Å². The number of nitrogens with two attached hydrogens (primary N) is 1. The first-order chi connectivity index (χ1) is 10.5. The molecular weight excluding hydrogens is 348 g/mol. The lowest BCUT2D eigenvalue weighted by molar-refractivity contribution is -0.123. The van der Waals surface area contributed by atoms with E-state index in [0.717, 1.165) is 28.3 Å². The number of benzene rings is 1. The number of furan rings is 1. The second-order valence-electron chi connectivity index (χ2n) is 5.61. The highest BCUT2D eigenvalue weighted by atomic mass is 79.9. The van der Waals surface area contributed by atoms with Crippen molar-refractivity contribution < 1.29 is 14.0 Å². The summed E-state index contributed by atoms with van der Waals surface area (Å²) >= 11 is 3.42. The molecular formula is C16H17BrN2O3. The number of carbonyl (C=O) groups is 2. The van der Waals surface area contributed by atoms with Crippen LogP contribution in [0.1, 0.15) is 35.4 Å². The Morgan fingerprint density at radius 1 is 1.36 bits per heavy atom. The molecule has 2 amide bonds. The number of primary amides is 1. The van der Waals surface area contributed by atoms with Crippen LogP contribution < -0.4 is 5.73 Å². The lowest BCUT2D eigenvalue weighted by Crippen LogP contribution is -2.50. The average Bonchev–Trinajstić information content (AvgIpc) is 2.83. The molecule has 0 bridgehead atoms. The highest BCUT2D eigenvalue weighted by Crippen LogP contribution is 2.30. The fourth-order valence-electron chi connectivity index (χ4n) is 3.00. The Morgan fingerprint density at radius 2 is 2.14 bits per heavy atom. The van der Waals surface area contributed by atoms with Crippen molar-refractivity contribution in [3.8, 4) is 0 Å². The van der Waals surface area contributed by atoms with Crippen molar-refractivity contribution in [3.05, 3.63) is 34.0 Å². The molecule has 1 fully saturated rings. The number of piperidine rings is 1. The molecule has 0 radical (unpaired) electrons. The van der Waals surface area contributed by atoms with Crippen LogP contribution in [0.2, 0.25) is 0 Å². The Labute approximate surface area is 136 Å². The lowest BCUT2D eigenvalue weighted by atomic mass is 10.0. The van der Waals surface area contributed by atoms with Gasteiger partial charge in [0.2, 0.25) is 5.91 Å². The summed E-state index contributed by atoms with van der Waals surface area (Å²) in [7, 11) is 0. The summed E-state index contributed by atoms with van der Waals surface area (Å²) in [6.45, 7) is 2.39. The number of nitrogens with zero attached hydrogens (tertiary/aromatic N) is 1. The van der Waals surface area contributed by atoms with Crippen LogP contribution in [-0.4, -0.2) is 29.3 Å². The molecule has 0 unspecified atom stereocenters. The maximum atomic E-state index is 12.8. The van der Waals surface area contributed by atoms with Gasteiger partial charge in [0.25, 0.3) is 5.91 Å². The second-order valence-corrected chi connectivity index (χ2v) is 6.52. The number of rotatable bonds is 2. The van der Waals surface area contributed by atoms with E-state index in [2.05, 4.69) is 15.9 Å². The largest absolute Gasteiger partial charge is 0.451 e. The maximum absolute atomic E-state index is 12.8. The molecule has 0 spiro atoms. The Hall–Kier alpha value is -1.82. The number of amides is 2. The van der Waals surface area contributed by atoms with Crippen molar-refractivity contribution in [3.63, 3.8) is 0 Å². The molecule has 2 N–H and O–H groups in total. The van der Waals surface area contributed by atoms with E-state index in [1.54, 1.807) is 4.90 Å². The number of aryl methyl sites for hydroxylation is 1. The number of hydrogen-bond acceptors (Lipinski definition) is 3. The minimum atomic E-state index is -0.541. The van der Waals surface area contributed by atoms with Crippen molar-refractivity contribution in [2.45, 2.75) is 32.2 Å². The Morgan fingerprint density at radius 3 is 2.86 bits per heavy atom. The van der Waals surface area contributed by atoms with Crippen LogP contribution in [0.5, 0.6) is 0 Å². The van der Waals surface area contributed by atoms with Gasteiger partial charge in [-0.1, -0.05) is 15.9 Å². The number of carbonyl (C=O) groups excluding carboxylic acids is 2. The first kappa shape index (κ1) is 15.1. The maximum Gasteiger partial charge on any atom is 0.290 e. The van der Waals surface area contributed by atoms with Crippen LogP contribution in [0.15, 0.2) is 27.1 Å². The molecule has 116 valence electrons. The minimum absolute atomic E-state index is 0.256. The molecule has 1 atom stereocenters. The molecule has 1 aliphatic rings. The molecule has 1 aliphatic heterocycles. The number of likely N-dealkylation sites (tertiary alicyclic amines) is 1. The van der Waals surface area contributed by atoms with Crippen molar-refractivity contribution in [2.24, 2.45) is 5.73 Å². The Kier molecular flexibility index (Phi) is 3.95. The number of halogens is 1. The van der Waals surface area contributed by atoms with Gasteiger partial charge < -0.3 is 15.1 Å². The SMILES string of the molecule is Cc1c(C(=O)N2CCCC[C@H]2C(N)=O)oc2ccc(Br)cc12. The Balaban J connectivity index is 2.01. The van der Waals surface area contributed by atoms with E-state index in [9.17, 15) is 9.59 Å². The van der Waals surface area contributed by atoms with E-state index in [4.69, 9.17) is 10.2 Å². The van der Waals surface area contributed by atoms with Crippen LogP contribution in [0.4, 0.5) is 0 Å². The molecule has 1 aromatic carbocycles. The zero-order chi connectivity index (χ0) is 15.9. The zero-order valence-electron chi connectivity index (χ0n) is 12.3. The summed E-state index contributed by atoms with van der Waals surface area (Å²) in [6, 6.07) is 5.07. The normalized spacial score (nSPS) is 18.6. The highest BCUT2D eigenvalue weighted by Gasteiger charge is 2.33. The van der Waals surface area contributed by atoms with E-state index >= 15 is 0 Å². The van der Waals surface area contributed by atoms with Crippen LogP contribution in [0, 0.1) is 6.92 Å². The van der Waals surface area contributed by atoms with E-state index in [0.29, 0.717) is 24.3 Å². The average molecular weight is 365 g/mol. The molecule has 2 heterocycles. The first-order valence-corrected chi connectivity index (χ1v) is 8.07. The minimum Gasteiger partial charge on any atom is -0.451 e. The topological polar surface area (TPSA) is 76.5 Å². The van der Waals surface area contributed by atoms with Crippen molar-refractivity contribution in [2.75, 3.05) is 6.54 Å². The van der Waals surface area contributed by atoms with Crippen molar-refractivity contribution >= 4 is 38.7 Å². The van der Waals surface area contributed by atoms with E-state index < -0.39 is 11.9 Å². The molecule has 0 saturated carbocycles. The van der Waals surface area contributed by atoms with Crippen LogP contribution in [0.3, 0.4) is 0 Å². The van der Waals surface area contributed by atoms with Crippen LogP contribution >= 0.6 is 15.9 Å². The van der Waals surface area contributed by atoms with E-state index in [1.807, 2.05) is 25.1 Å². The highest BCUT2D eigenvalue weighted by molar-refractivity contribution is 9.10. The van der Waals surface area contributed by atoms with Gasteiger partial charge in [-0.25, -0.2) is 0 Å². The molecule has 3 rings (SSSR count). The third kappa shape index (κ3) is 2.52. The third-order valence-corrected chi connectivity index (χ3v) is 4.68. The van der Waals surface area contributed by atoms with Gasteiger partial charge in [-0.2, -0.15) is 0 Å². The van der Waals surface area contributed by atoms with Gasteiger partial charge >= 0.3 is 0 Å². The lowest BCUT2D eigenvalue weighted by Gasteiger charge is -2.33. The van der Waals surface area contributed by atoms with Gasteiger partial charge in [-0.15, -0.1) is 0 Å². The van der Waals surface area contributed by atoms with Crippen LogP contribution in [-0.2, 0) is 4.79 Å². The fourth-order valence-corrected chi connectivity index (χ4v) is 3.36. The zero-order valence-corrected chi connectivity index (χ0v) is 13.9. The van der Waals surface area contributed by atoms with Gasteiger partial charge in [0, 0.05) is 22.0 Å². The molecule has 0 aliphatic carbocycles. The van der Waals surface area contributed by atoms with Gasteiger partial charge in [0.1, 0.15) is 11.6 Å². The van der Waals surface area contributed by atoms with Gasteiger partial charge in [0.15, 0.2) is 5.76 Å². The molecule has 6 heteroatoms. The number of hydrogen-bond donors (Lipinski definition) is 1. The third-order valence-electron chi connectivity index (χ3n) is 4.18. The summed E-state index contributed by atoms with van der Waals surface area (Å²) in [6.07, 6.45) is 2.40. The predicted octanol–water partition coefficient (Wildman–Crippen LogP) is 2.98. The smallest absolute Gasteiger partial charge is 0.290 e. The number of fused-ring (bicyclic) bond motifs is 1. The quantitative estimate of drug-likeness (QED) is 0.889. The molecule has 2 aromatic rings. The predicted molar refractivity (Wildman–Crippen MR) is 86.5 cm³/mol. The fraction of sp³-hybridized carbons (Fsp3) is 0.375. The van der Waals surface area contributed by atoms with Crippen molar-refractivity contribution in [1.82, 2.24) is 4.90 Å². The Bertz CT molecular complexity index is 753.